The first-order chi connectivity index (χ1) is 7.61. The third kappa shape index (κ3) is 1.76. The van der Waals surface area contributed by atoms with E-state index in [9.17, 15) is 4.79 Å². The van der Waals surface area contributed by atoms with Crippen LogP contribution in [0, 0.1) is 6.92 Å². The van der Waals surface area contributed by atoms with Gasteiger partial charge in [0.05, 0.1) is 5.69 Å². The van der Waals surface area contributed by atoms with Crippen LogP contribution < -0.4 is 0 Å². The van der Waals surface area contributed by atoms with Gasteiger partial charge in [0.15, 0.2) is 0 Å². The van der Waals surface area contributed by atoms with Crippen LogP contribution in [0.3, 0.4) is 0 Å². The molecule has 0 fully saturated rings. The molecule has 0 radical (unpaired) electrons. The third-order valence-corrected chi connectivity index (χ3v) is 3.43. The molecule has 2 aromatic rings. The number of halogens is 1. The van der Waals surface area contributed by atoms with Gasteiger partial charge in [-0.2, -0.15) is 0 Å². The van der Waals surface area contributed by atoms with Gasteiger partial charge in [-0.3, -0.25) is 0 Å². The van der Waals surface area contributed by atoms with E-state index in [1.165, 1.54) is 0 Å². The lowest BCUT2D eigenvalue weighted by Crippen LogP contribution is -2.06. The van der Waals surface area contributed by atoms with Crippen LogP contribution in [0.2, 0.25) is 0 Å². The Hall–Kier alpha value is -1.55. The summed E-state index contributed by atoms with van der Waals surface area (Å²) >= 11 is 3.47. The van der Waals surface area contributed by atoms with Gasteiger partial charge in [0, 0.05) is 10.7 Å². The number of rotatable bonds is 2. The second-order valence-electron chi connectivity index (χ2n) is 3.48. The summed E-state index contributed by atoms with van der Waals surface area (Å²) in [5.74, 6) is -0.932. The summed E-state index contributed by atoms with van der Waals surface area (Å²) in [4.78, 5) is 11.0. The molecule has 1 aromatic heterocycles. The lowest BCUT2D eigenvalue weighted by Gasteiger charge is -2.10. The highest BCUT2D eigenvalue weighted by molar-refractivity contribution is 9.10. The van der Waals surface area contributed by atoms with Gasteiger partial charge in [-0.25, -0.2) is 4.79 Å². The van der Waals surface area contributed by atoms with Crippen LogP contribution in [0.1, 0.15) is 16.1 Å². The van der Waals surface area contributed by atoms with Crippen molar-refractivity contribution in [3.05, 3.63) is 52.3 Å². The van der Waals surface area contributed by atoms with Crippen molar-refractivity contribution < 1.29 is 9.90 Å². The van der Waals surface area contributed by atoms with Gasteiger partial charge in [0.25, 0.3) is 0 Å². The third-order valence-electron chi connectivity index (χ3n) is 2.40. The Kier molecular flexibility index (Phi) is 2.83. The van der Waals surface area contributed by atoms with Crippen molar-refractivity contribution in [1.29, 1.82) is 0 Å². The average Bonchev–Trinajstić information content (AvgIpc) is 2.70. The molecule has 0 aliphatic carbocycles. The Morgan fingerprint density at radius 2 is 2.06 bits per heavy atom. The van der Waals surface area contributed by atoms with Crippen molar-refractivity contribution >= 4 is 21.9 Å². The topological polar surface area (TPSA) is 42.2 Å². The Balaban J connectivity index is 2.63. The summed E-state index contributed by atoms with van der Waals surface area (Å²) in [6.45, 7) is 1.97. The summed E-state index contributed by atoms with van der Waals surface area (Å²) < 4.78 is 2.56. The number of aromatic carboxylic acids is 1. The van der Waals surface area contributed by atoms with Crippen LogP contribution in [0.15, 0.2) is 41.0 Å². The molecule has 0 saturated carbocycles. The molecule has 16 heavy (non-hydrogen) atoms. The van der Waals surface area contributed by atoms with E-state index in [-0.39, 0.29) is 5.69 Å². The smallest absolute Gasteiger partial charge is 0.352 e. The molecule has 0 amide bonds. The highest BCUT2D eigenvalue weighted by Crippen LogP contribution is 2.25. The normalized spacial score (nSPS) is 10.4. The minimum Gasteiger partial charge on any atom is -0.477 e. The fourth-order valence-electron chi connectivity index (χ4n) is 1.58. The lowest BCUT2D eigenvalue weighted by molar-refractivity contribution is 0.0688. The molecule has 4 heteroatoms. The van der Waals surface area contributed by atoms with Crippen LogP contribution >= 0.6 is 15.9 Å². The predicted octanol–water partition coefficient (Wildman–Crippen LogP) is 3.25. The number of aromatic nitrogens is 1. The van der Waals surface area contributed by atoms with Gasteiger partial charge in [-0.15, -0.1) is 0 Å². The zero-order chi connectivity index (χ0) is 11.7. The Morgan fingerprint density at radius 3 is 2.75 bits per heavy atom. The second-order valence-corrected chi connectivity index (χ2v) is 4.27. The van der Waals surface area contributed by atoms with E-state index in [2.05, 4.69) is 15.9 Å². The molecule has 0 saturated heterocycles. The van der Waals surface area contributed by atoms with Gasteiger partial charge in [0.2, 0.25) is 0 Å². The van der Waals surface area contributed by atoms with Gasteiger partial charge in [-0.1, -0.05) is 12.1 Å². The average molecular weight is 280 g/mol. The Labute approximate surface area is 101 Å². The number of hydrogen-bond donors (Lipinski definition) is 1. The lowest BCUT2D eigenvalue weighted by atomic mass is 10.2. The Bertz CT molecular complexity index is 546. The maximum atomic E-state index is 11.0. The minimum atomic E-state index is -0.932. The van der Waals surface area contributed by atoms with Crippen molar-refractivity contribution in [3.8, 4) is 5.69 Å². The molecular formula is C12H10BrNO2. The Morgan fingerprint density at radius 1 is 1.31 bits per heavy atom. The summed E-state index contributed by atoms with van der Waals surface area (Å²) in [7, 11) is 0. The molecular weight excluding hydrogens is 270 g/mol. The van der Waals surface area contributed by atoms with E-state index in [1.807, 2.05) is 25.1 Å². The number of carboxylic acid groups (broad SMARTS) is 1. The standard InChI is InChI=1S/C12H10BrNO2/c1-8-4-2-5-9(11(8)13)14-7-3-6-10(14)12(15)16/h2-7H,1H3,(H,15,16). The molecule has 1 aromatic carbocycles. The molecule has 0 aliphatic rings. The van der Waals surface area contributed by atoms with Crippen molar-refractivity contribution in [2.75, 3.05) is 0 Å². The van der Waals surface area contributed by atoms with Crippen LogP contribution in [-0.2, 0) is 0 Å². The van der Waals surface area contributed by atoms with E-state index < -0.39 is 5.97 Å². The number of nitrogens with zero attached hydrogens (tertiary/aromatic N) is 1. The van der Waals surface area contributed by atoms with Crippen LogP contribution in [0.25, 0.3) is 5.69 Å². The monoisotopic (exact) mass is 279 g/mol. The van der Waals surface area contributed by atoms with Crippen LogP contribution in [0.4, 0.5) is 0 Å². The molecule has 0 aliphatic heterocycles. The summed E-state index contributed by atoms with van der Waals surface area (Å²) in [6.07, 6.45) is 1.74. The maximum Gasteiger partial charge on any atom is 0.352 e. The van der Waals surface area contributed by atoms with Crippen LogP contribution in [-0.4, -0.2) is 15.6 Å². The van der Waals surface area contributed by atoms with Crippen molar-refractivity contribution in [2.45, 2.75) is 6.92 Å². The first-order valence-corrected chi connectivity index (χ1v) is 5.56. The molecule has 0 unspecified atom stereocenters. The number of aryl methyl sites for hydroxylation is 1. The molecule has 3 nitrogen and oxygen atoms in total. The summed E-state index contributed by atoms with van der Waals surface area (Å²) in [5, 5.41) is 9.04. The largest absolute Gasteiger partial charge is 0.477 e. The van der Waals surface area contributed by atoms with Gasteiger partial charge in [0.1, 0.15) is 5.69 Å². The zero-order valence-electron chi connectivity index (χ0n) is 8.64. The van der Waals surface area contributed by atoms with E-state index in [0.717, 1.165) is 15.7 Å². The highest BCUT2D eigenvalue weighted by Gasteiger charge is 2.12. The minimum absolute atomic E-state index is 0.256. The molecule has 0 spiro atoms. The quantitative estimate of drug-likeness (QED) is 0.917. The van der Waals surface area contributed by atoms with Crippen LogP contribution in [0.5, 0.6) is 0 Å². The fraction of sp³-hybridized carbons (Fsp3) is 0.0833. The number of benzene rings is 1. The molecule has 1 heterocycles. The predicted molar refractivity (Wildman–Crippen MR) is 65.2 cm³/mol. The molecule has 2 rings (SSSR count). The summed E-state index contributed by atoms with van der Waals surface area (Å²) in [6, 6.07) is 9.05. The molecule has 82 valence electrons. The van der Waals surface area contributed by atoms with E-state index >= 15 is 0 Å². The number of hydrogen-bond acceptors (Lipinski definition) is 1. The number of carbonyl (C=O) groups is 1. The second kappa shape index (κ2) is 4.14. The van der Waals surface area contributed by atoms with E-state index in [0.29, 0.717) is 0 Å². The fourth-order valence-corrected chi connectivity index (χ4v) is 2.04. The van der Waals surface area contributed by atoms with Crippen molar-refractivity contribution in [3.63, 3.8) is 0 Å². The van der Waals surface area contributed by atoms with Gasteiger partial charge in [-0.05, 0) is 46.6 Å². The van der Waals surface area contributed by atoms with Crippen molar-refractivity contribution in [1.82, 2.24) is 4.57 Å². The molecule has 1 N–H and O–H groups in total. The first-order valence-electron chi connectivity index (χ1n) is 4.77. The molecule has 0 atom stereocenters. The van der Waals surface area contributed by atoms with Gasteiger partial charge < -0.3 is 9.67 Å². The zero-order valence-corrected chi connectivity index (χ0v) is 10.2. The summed E-state index contributed by atoms with van der Waals surface area (Å²) in [5.41, 5.74) is 2.16. The van der Waals surface area contributed by atoms with Gasteiger partial charge >= 0.3 is 5.97 Å². The first kappa shape index (κ1) is 11.0. The number of carboxylic acids is 1. The molecule has 0 bridgehead atoms. The highest BCUT2D eigenvalue weighted by atomic mass is 79.9. The SMILES string of the molecule is Cc1cccc(-n2cccc2C(=O)O)c1Br. The van der Waals surface area contributed by atoms with E-state index in [4.69, 9.17) is 5.11 Å². The van der Waals surface area contributed by atoms with E-state index in [1.54, 1.807) is 22.9 Å². The maximum absolute atomic E-state index is 11.0. The van der Waals surface area contributed by atoms with Crippen molar-refractivity contribution in [2.24, 2.45) is 0 Å².